The van der Waals surface area contributed by atoms with Crippen LogP contribution in [-0.2, 0) is 4.79 Å². The van der Waals surface area contributed by atoms with Crippen LogP contribution in [0.5, 0.6) is 5.75 Å². The van der Waals surface area contributed by atoms with Gasteiger partial charge in [-0.2, -0.15) is 0 Å². The summed E-state index contributed by atoms with van der Waals surface area (Å²) < 4.78 is 5.66. The van der Waals surface area contributed by atoms with Crippen molar-refractivity contribution in [2.75, 3.05) is 13.2 Å². The topological polar surface area (TPSA) is 41.9 Å². The van der Waals surface area contributed by atoms with Crippen molar-refractivity contribution in [3.8, 4) is 5.75 Å². The third-order valence-electron chi connectivity index (χ3n) is 4.77. The number of carbonyl (C=O) groups is 1. The molecule has 4 nitrogen and oxygen atoms in total. The number of allylic oxidation sites excluding steroid dienone is 2. The van der Waals surface area contributed by atoms with E-state index in [9.17, 15) is 4.79 Å². The Bertz CT molecular complexity index is 701. The number of aryl methyl sites for hydroxylation is 1. The quantitative estimate of drug-likeness (QED) is 0.746. The predicted octanol–water partition coefficient (Wildman–Crippen LogP) is 4.41. The molecule has 0 saturated heterocycles. The van der Waals surface area contributed by atoms with Crippen LogP contribution in [0.1, 0.15) is 44.1 Å². The fraction of sp³-hybridized carbons (Fsp3) is 0.429. The van der Waals surface area contributed by atoms with Crippen LogP contribution in [0.25, 0.3) is 0 Å². The Balaban J connectivity index is 1.68. The summed E-state index contributed by atoms with van der Waals surface area (Å²) in [5.74, 6) is 1.50. The van der Waals surface area contributed by atoms with Crippen LogP contribution in [0.15, 0.2) is 53.2 Å². The van der Waals surface area contributed by atoms with E-state index in [1.54, 1.807) is 11.0 Å². The van der Waals surface area contributed by atoms with Crippen molar-refractivity contribution in [2.24, 2.45) is 4.99 Å². The molecule has 2 aliphatic rings. The van der Waals surface area contributed by atoms with Crippen LogP contribution < -0.4 is 4.74 Å². The Hall–Kier alpha value is -2.36. The highest BCUT2D eigenvalue weighted by molar-refractivity contribution is 6.00. The number of benzene rings is 1. The lowest BCUT2D eigenvalue weighted by Crippen LogP contribution is -2.41. The summed E-state index contributed by atoms with van der Waals surface area (Å²) in [5.41, 5.74) is 3.85. The maximum Gasteiger partial charge on any atom is 0.266 e. The number of hydrogen-bond donors (Lipinski definition) is 0. The van der Waals surface area contributed by atoms with Gasteiger partial charge in [0.25, 0.3) is 5.91 Å². The molecule has 1 aliphatic carbocycles. The molecule has 0 atom stereocenters. The van der Waals surface area contributed by atoms with Gasteiger partial charge in [-0.3, -0.25) is 9.69 Å². The van der Waals surface area contributed by atoms with Gasteiger partial charge in [0, 0.05) is 18.7 Å². The van der Waals surface area contributed by atoms with Gasteiger partial charge in [0.2, 0.25) is 0 Å². The number of amidine groups is 1. The Morgan fingerprint density at radius 2 is 1.96 bits per heavy atom. The molecule has 0 spiro atoms. The fourth-order valence-electron chi connectivity index (χ4n) is 3.36. The van der Waals surface area contributed by atoms with Gasteiger partial charge < -0.3 is 4.74 Å². The number of aliphatic imine (C=N–C) groups is 1. The van der Waals surface area contributed by atoms with Crippen LogP contribution in [0, 0.1) is 6.92 Å². The van der Waals surface area contributed by atoms with Gasteiger partial charge in [0.05, 0.1) is 0 Å². The first-order valence-electron chi connectivity index (χ1n) is 9.06. The minimum atomic E-state index is -0.0703. The second kappa shape index (κ2) is 8.15. The minimum absolute atomic E-state index is 0.0157. The number of rotatable bonds is 5. The van der Waals surface area contributed by atoms with E-state index in [2.05, 4.69) is 6.58 Å². The normalized spacial score (nSPS) is 16.8. The monoisotopic (exact) mass is 338 g/mol. The summed E-state index contributed by atoms with van der Waals surface area (Å²) in [6.07, 6.45) is 8.26. The standard InChI is InChI=1S/C21H26N2O2/c1-3-14-23(20-13-10-17-6-4-5-7-19(17)22-20)21(24)15-25-18-11-8-16(2)9-12-18/h3,8-9,11-12H,1,4-7,10,13-15H2,2H3. The molecule has 132 valence electrons. The van der Waals surface area contributed by atoms with E-state index in [1.807, 2.05) is 31.2 Å². The van der Waals surface area contributed by atoms with E-state index in [4.69, 9.17) is 9.73 Å². The van der Waals surface area contributed by atoms with Gasteiger partial charge in [-0.25, -0.2) is 4.99 Å². The molecule has 3 rings (SSSR count). The molecule has 0 unspecified atom stereocenters. The molecule has 0 aromatic heterocycles. The smallest absolute Gasteiger partial charge is 0.266 e. The first-order chi connectivity index (χ1) is 12.2. The van der Waals surface area contributed by atoms with E-state index in [0.29, 0.717) is 12.3 Å². The van der Waals surface area contributed by atoms with Crippen LogP contribution in [0.4, 0.5) is 0 Å². The SMILES string of the molecule is C=CCN(C(=O)COc1ccc(C)cc1)C1=NC2=C(CCCC2)CC1. The third-order valence-corrected chi connectivity index (χ3v) is 4.77. The number of ether oxygens (including phenoxy) is 1. The summed E-state index contributed by atoms with van der Waals surface area (Å²) in [7, 11) is 0. The van der Waals surface area contributed by atoms with Gasteiger partial charge in [-0.15, -0.1) is 6.58 Å². The number of hydrogen-bond acceptors (Lipinski definition) is 3. The van der Waals surface area contributed by atoms with Crippen molar-refractivity contribution in [3.63, 3.8) is 0 Å². The molecule has 1 aromatic carbocycles. The van der Waals surface area contributed by atoms with Crippen molar-refractivity contribution >= 4 is 11.7 Å². The van der Waals surface area contributed by atoms with E-state index in [0.717, 1.165) is 31.5 Å². The molecule has 1 aromatic rings. The lowest BCUT2D eigenvalue weighted by Gasteiger charge is -2.29. The summed E-state index contributed by atoms with van der Waals surface area (Å²) in [6, 6.07) is 7.72. The summed E-state index contributed by atoms with van der Waals surface area (Å²) in [6.45, 7) is 6.29. The molecular weight excluding hydrogens is 312 g/mol. The average molecular weight is 338 g/mol. The molecule has 1 heterocycles. The predicted molar refractivity (Wildman–Crippen MR) is 101 cm³/mol. The first-order valence-corrected chi connectivity index (χ1v) is 9.06. The molecule has 1 amide bonds. The van der Waals surface area contributed by atoms with E-state index >= 15 is 0 Å². The van der Waals surface area contributed by atoms with Crippen molar-refractivity contribution in [2.45, 2.75) is 45.4 Å². The Kier molecular flexibility index (Phi) is 5.69. The minimum Gasteiger partial charge on any atom is -0.484 e. The van der Waals surface area contributed by atoms with Crippen LogP contribution >= 0.6 is 0 Å². The third kappa shape index (κ3) is 4.38. The van der Waals surface area contributed by atoms with Gasteiger partial charge in [0.15, 0.2) is 6.61 Å². The molecule has 25 heavy (non-hydrogen) atoms. The summed E-state index contributed by atoms with van der Waals surface area (Å²) in [4.78, 5) is 19.2. The van der Waals surface area contributed by atoms with Crippen LogP contribution in [-0.4, -0.2) is 29.8 Å². The lowest BCUT2D eigenvalue weighted by molar-refractivity contribution is -0.129. The Morgan fingerprint density at radius 1 is 1.20 bits per heavy atom. The van der Waals surface area contributed by atoms with Crippen molar-refractivity contribution < 1.29 is 9.53 Å². The van der Waals surface area contributed by atoms with Crippen molar-refractivity contribution in [1.82, 2.24) is 4.90 Å². The molecule has 0 fully saturated rings. The lowest BCUT2D eigenvalue weighted by atomic mass is 9.91. The molecule has 0 radical (unpaired) electrons. The van der Waals surface area contributed by atoms with Crippen LogP contribution in [0.2, 0.25) is 0 Å². The molecule has 4 heteroatoms. The molecule has 0 bridgehead atoms. The van der Waals surface area contributed by atoms with Crippen molar-refractivity contribution in [1.29, 1.82) is 0 Å². The Morgan fingerprint density at radius 3 is 2.72 bits per heavy atom. The van der Waals surface area contributed by atoms with Gasteiger partial charge >= 0.3 is 0 Å². The molecule has 0 saturated carbocycles. The summed E-state index contributed by atoms with van der Waals surface area (Å²) in [5, 5.41) is 0. The highest BCUT2D eigenvalue weighted by Crippen LogP contribution is 2.32. The largest absolute Gasteiger partial charge is 0.484 e. The molecule has 1 aliphatic heterocycles. The van der Waals surface area contributed by atoms with E-state index < -0.39 is 0 Å². The zero-order valence-corrected chi connectivity index (χ0v) is 15.0. The maximum absolute atomic E-state index is 12.7. The van der Waals surface area contributed by atoms with Crippen LogP contribution in [0.3, 0.4) is 0 Å². The highest BCUT2D eigenvalue weighted by Gasteiger charge is 2.24. The van der Waals surface area contributed by atoms with E-state index in [-0.39, 0.29) is 12.5 Å². The van der Waals surface area contributed by atoms with Crippen molar-refractivity contribution in [3.05, 3.63) is 53.8 Å². The second-order valence-electron chi connectivity index (χ2n) is 6.68. The average Bonchev–Trinajstić information content (AvgIpc) is 2.65. The van der Waals surface area contributed by atoms with Gasteiger partial charge in [-0.05, 0) is 56.7 Å². The maximum atomic E-state index is 12.7. The Labute approximate surface area is 149 Å². The second-order valence-corrected chi connectivity index (χ2v) is 6.68. The van der Waals surface area contributed by atoms with Gasteiger partial charge in [-0.1, -0.05) is 23.8 Å². The number of amides is 1. The first kappa shape index (κ1) is 17.5. The van der Waals surface area contributed by atoms with Gasteiger partial charge in [0.1, 0.15) is 11.6 Å². The fourth-order valence-corrected chi connectivity index (χ4v) is 3.36. The molecule has 0 N–H and O–H groups in total. The number of nitrogens with zero attached hydrogens (tertiary/aromatic N) is 2. The van der Waals surface area contributed by atoms with E-state index in [1.165, 1.54) is 29.7 Å². The summed E-state index contributed by atoms with van der Waals surface area (Å²) >= 11 is 0. The molecular formula is C21H26N2O2. The zero-order valence-electron chi connectivity index (χ0n) is 15.0. The number of carbonyl (C=O) groups excluding carboxylic acids is 1. The zero-order chi connectivity index (χ0) is 17.6. The highest BCUT2D eigenvalue weighted by atomic mass is 16.5.